The summed E-state index contributed by atoms with van der Waals surface area (Å²) in [6.45, 7) is 0.633. The zero-order valence-corrected chi connectivity index (χ0v) is 15.5. The van der Waals surface area contributed by atoms with Crippen molar-refractivity contribution in [1.82, 2.24) is 9.62 Å². The predicted octanol–water partition coefficient (Wildman–Crippen LogP) is 2.05. The molecule has 1 fully saturated rings. The maximum absolute atomic E-state index is 12.8. The van der Waals surface area contributed by atoms with Gasteiger partial charge >= 0.3 is 0 Å². The molecule has 1 amide bonds. The highest BCUT2D eigenvalue weighted by molar-refractivity contribution is 7.89. The maximum Gasteiger partial charge on any atom is 0.250 e. The first kappa shape index (κ1) is 18.8. The molecule has 1 N–H and O–H groups in total. The van der Waals surface area contributed by atoms with Gasteiger partial charge in [-0.25, -0.2) is 8.42 Å². The lowest BCUT2D eigenvalue weighted by molar-refractivity contribution is -0.136. The van der Waals surface area contributed by atoms with E-state index in [1.165, 1.54) is 16.4 Å². The van der Waals surface area contributed by atoms with E-state index in [0.29, 0.717) is 6.54 Å². The topological polar surface area (TPSA) is 75.7 Å². The molecule has 0 spiro atoms. The van der Waals surface area contributed by atoms with Crippen LogP contribution in [0.5, 0.6) is 0 Å². The van der Waals surface area contributed by atoms with Gasteiger partial charge in [0.15, 0.2) is 0 Å². The van der Waals surface area contributed by atoms with E-state index in [2.05, 4.69) is 5.32 Å². The summed E-state index contributed by atoms with van der Waals surface area (Å²) in [6, 6.07) is 15.7. The third-order valence-electron chi connectivity index (χ3n) is 4.09. The summed E-state index contributed by atoms with van der Waals surface area (Å²) in [7, 11) is -3.78. The van der Waals surface area contributed by atoms with Crippen LogP contribution in [-0.2, 0) is 26.1 Å². The monoisotopic (exact) mass is 394 g/mol. The van der Waals surface area contributed by atoms with E-state index in [1.54, 1.807) is 12.1 Å². The van der Waals surface area contributed by atoms with Crippen molar-refractivity contribution in [3.8, 4) is 0 Å². The number of nitrogens with one attached hydrogen (secondary N) is 1. The van der Waals surface area contributed by atoms with Crippen molar-refractivity contribution >= 4 is 27.5 Å². The smallest absolute Gasteiger partial charge is 0.250 e. The van der Waals surface area contributed by atoms with Gasteiger partial charge < -0.3 is 10.1 Å². The molecule has 26 heavy (non-hydrogen) atoms. The lowest BCUT2D eigenvalue weighted by Crippen LogP contribution is -2.51. The summed E-state index contributed by atoms with van der Waals surface area (Å²) in [4.78, 5) is 12.4. The van der Waals surface area contributed by atoms with E-state index in [9.17, 15) is 13.2 Å². The summed E-state index contributed by atoms with van der Waals surface area (Å²) < 4.78 is 32.3. The van der Waals surface area contributed by atoms with Crippen molar-refractivity contribution in [2.45, 2.75) is 17.5 Å². The van der Waals surface area contributed by atoms with E-state index in [1.807, 2.05) is 30.3 Å². The third-order valence-corrected chi connectivity index (χ3v) is 6.45. The van der Waals surface area contributed by atoms with Crippen LogP contribution in [0.1, 0.15) is 5.56 Å². The highest BCUT2D eigenvalue weighted by Gasteiger charge is 2.34. The van der Waals surface area contributed by atoms with Crippen molar-refractivity contribution in [3.63, 3.8) is 0 Å². The molecule has 3 rings (SSSR count). The summed E-state index contributed by atoms with van der Waals surface area (Å²) in [5, 5.41) is 2.94. The van der Waals surface area contributed by atoms with Gasteiger partial charge in [0.1, 0.15) is 11.0 Å². The standard InChI is InChI=1S/C18H19ClN2O4S/c19-15-8-4-5-9-17(15)26(23,24)21-10-11-25-16(13-21)18(22)20-12-14-6-2-1-3-7-14/h1-9,16H,10-13H2,(H,20,22)/t16-/m0/s1. The molecular formula is C18H19ClN2O4S. The Morgan fingerprint density at radius 2 is 1.85 bits per heavy atom. The Labute approximate surface area is 157 Å². The molecule has 0 aliphatic carbocycles. The fraction of sp³-hybridized carbons (Fsp3) is 0.278. The number of hydrogen-bond acceptors (Lipinski definition) is 4. The molecular weight excluding hydrogens is 376 g/mol. The van der Waals surface area contributed by atoms with Gasteiger partial charge in [-0.1, -0.05) is 54.1 Å². The molecule has 1 aliphatic heterocycles. The number of morpholine rings is 1. The minimum absolute atomic E-state index is 0.0343. The fourth-order valence-electron chi connectivity index (χ4n) is 2.69. The highest BCUT2D eigenvalue weighted by Crippen LogP contribution is 2.25. The SMILES string of the molecule is O=C(NCc1ccccc1)[C@@H]1CN(S(=O)(=O)c2ccccc2Cl)CCO1. The molecule has 0 aromatic heterocycles. The van der Waals surface area contributed by atoms with E-state index >= 15 is 0 Å². The van der Waals surface area contributed by atoms with Crippen LogP contribution in [-0.4, -0.2) is 44.4 Å². The highest BCUT2D eigenvalue weighted by atomic mass is 35.5. The Hall–Kier alpha value is -1.93. The number of benzene rings is 2. The molecule has 2 aromatic rings. The van der Waals surface area contributed by atoms with Crippen LogP contribution in [0.3, 0.4) is 0 Å². The van der Waals surface area contributed by atoms with Gasteiger partial charge in [0.25, 0.3) is 5.91 Å². The fourth-order valence-corrected chi connectivity index (χ4v) is 4.61. The van der Waals surface area contributed by atoms with Crippen molar-refractivity contribution in [2.24, 2.45) is 0 Å². The van der Waals surface area contributed by atoms with Crippen LogP contribution in [0.2, 0.25) is 5.02 Å². The molecule has 0 saturated carbocycles. The van der Waals surface area contributed by atoms with Crippen LogP contribution in [0, 0.1) is 0 Å². The number of amides is 1. The number of halogens is 1. The number of sulfonamides is 1. The quantitative estimate of drug-likeness (QED) is 0.842. The third kappa shape index (κ3) is 4.24. The zero-order valence-electron chi connectivity index (χ0n) is 14.0. The molecule has 0 unspecified atom stereocenters. The molecule has 1 aliphatic rings. The van der Waals surface area contributed by atoms with Crippen LogP contribution >= 0.6 is 11.6 Å². The van der Waals surface area contributed by atoms with E-state index < -0.39 is 16.1 Å². The molecule has 1 saturated heterocycles. The van der Waals surface area contributed by atoms with Crippen molar-refractivity contribution < 1.29 is 17.9 Å². The number of rotatable bonds is 5. The molecule has 0 radical (unpaired) electrons. The minimum Gasteiger partial charge on any atom is -0.366 e. The first-order chi connectivity index (χ1) is 12.5. The second kappa shape index (κ2) is 8.18. The Morgan fingerprint density at radius 1 is 1.15 bits per heavy atom. The van der Waals surface area contributed by atoms with E-state index in [0.717, 1.165) is 5.56 Å². The van der Waals surface area contributed by atoms with Gasteiger partial charge in [-0.2, -0.15) is 4.31 Å². The Balaban J connectivity index is 1.67. The molecule has 138 valence electrons. The zero-order chi connectivity index (χ0) is 18.6. The second-order valence-corrected chi connectivity index (χ2v) is 8.17. The Bertz CT molecular complexity index is 874. The van der Waals surface area contributed by atoms with E-state index in [4.69, 9.17) is 16.3 Å². The first-order valence-corrected chi connectivity index (χ1v) is 9.98. The molecule has 8 heteroatoms. The summed E-state index contributed by atoms with van der Waals surface area (Å²) in [5.74, 6) is -0.340. The minimum atomic E-state index is -3.78. The number of carbonyl (C=O) groups is 1. The van der Waals surface area contributed by atoms with Crippen LogP contribution < -0.4 is 5.32 Å². The van der Waals surface area contributed by atoms with Gasteiger partial charge in [-0.05, 0) is 17.7 Å². The summed E-state index contributed by atoms with van der Waals surface area (Å²) >= 11 is 6.03. The molecule has 0 bridgehead atoms. The number of ether oxygens (including phenoxy) is 1. The van der Waals surface area contributed by atoms with Gasteiger partial charge in [-0.3, -0.25) is 4.79 Å². The second-order valence-electron chi connectivity index (χ2n) is 5.86. The summed E-state index contributed by atoms with van der Waals surface area (Å²) in [6.07, 6.45) is -0.857. The largest absolute Gasteiger partial charge is 0.366 e. The van der Waals surface area contributed by atoms with Crippen molar-refractivity contribution in [1.29, 1.82) is 0 Å². The average Bonchev–Trinajstić information content (AvgIpc) is 2.67. The average molecular weight is 395 g/mol. The Morgan fingerprint density at radius 3 is 2.58 bits per heavy atom. The van der Waals surface area contributed by atoms with Crippen molar-refractivity contribution in [3.05, 3.63) is 65.2 Å². The number of carbonyl (C=O) groups excluding carboxylic acids is 1. The van der Waals surface area contributed by atoms with Crippen LogP contribution in [0.15, 0.2) is 59.5 Å². The lowest BCUT2D eigenvalue weighted by atomic mass is 10.2. The van der Waals surface area contributed by atoms with Gasteiger partial charge in [0, 0.05) is 19.6 Å². The van der Waals surface area contributed by atoms with Crippen molar-refractivity contribution in [2.75, 3.05) is 19.7 Å². The maximum atomic E-state index is 12.8. The normalized spacial score (nSPS) is 18.4. The molecule has 1 atom stereocenters. The van der Waals surface area contributed by atoms with Gasteiger partial charge in [0.05, 0.1) is 11.6 Å². The van der Waals surface area contributed by atoms with Gasteiger partial charge in [0.2, 0.25) is 10.0 Å². The van der Waals surface area contributed by atoms with Crippen LogP contribution in [0.25, 0.3) is 0 Å². The predicted molar refractivity (Wildman–Crippen MR) is 98.2 cm³/mol. The first-order valence-electron chi connectivity index (χ1n) is 8.16. The molecule has 1 heterocycles. The lowest BCUT2D eigenvalue weighted by Gasteiger charge is -2.31. The molecule has 2 aromatic carbocycles. The van der Waals surface area contributed by atoms with Gasteiger partial charge in [-0.15, -0.1) is 0 Å². The summed E-state index contributed by atoms with van der Waals surface area (Å²) in [5.41, 5.74) is 0.956. The number of hydrogen-bond donors (Lipinski definition) is 1. The molecule has 6 nitrogen and oxygen atoms in total. The van der Waals surface area contributed by atoms with E-state index in [-0.39, 0.29) is 35.5 Å². The Kier molecular flexibility index (Phi) is 5.93. The number of nitrogens with zero attached hydrogens (tertiary/aromatic N) is 1. The van der Waals surface area contributed by atoms with Crippen LogP contribution in [0.4, 0.5) is 0 Å².